The van der Waals surface area contributed by atoms with Crippen LogP contribution in [0.4, 0.5) is 0 Å². The van der Waals surface area contributed by atoms with Crippen molar-refractivity contribution in [2.45, 2.75) is 13.0 Å². The summed E-state index contributed by atoms with van der Waals surface area (Å²) < 4.78 is 4.43. The molecule has 0 saturated carbocycles. The van der Waals surface area contributed by atoms with Gasteiger partial charge in [0, 0.05) is 38.1 Å². The van der Waals surface area contributed by atoms with Gasteiger partial charge < -0.3 is 0 Å². The molecule has 0 saturated heterocycles. The van der Waals surface area contributed by atoms with Crippen molar-refractivity contribution in [3.63, 3.8) is 0 Å². The average Bonchev–Trinajstić information content (AvgIpc) is 3.04. The lowest BCUT2D eigenvalue weighted by Gasteiger charge is -2.06. The number of nitrogens with zero attached hydrogens (tertiary/aromatic N) is 5. The number of aromatic nitrogens is 6. The number of pyridine rings is 1. The molecule has 0 aromatic carbocycles. The zero-order chi connectivity index (χ0) is 13.9. The number of aryl methyl sites for hydroxylation is 2. The van der Waals surface area contributed by atoms with Crippen LogP contribution in [0.5, 0.6) is 0 Å². The Kier molecular flexibility index (Phi) is 3.42. The molecule has 0 amide bonds. The monoisotopic (exact) mass is 286 g/mol. The van der Waals surface area contributed by atoms with E-state index in [0.29, 0.717) is 4.77 Å². The van der Waals surface area contributed by atoms with E-state index >= 15 is 0 Å². The van der Waals surface area contributed by atoms with Crippen molar-refractivity contribution in [1.82, 2.24) is 29.5 Å². The molecule has 102 valence electrons. The zero-order valence-corrected chi connectivity index (χ0v) is 11.8. The minimum atomic E-state index is 0.604. The summed E-state index contributed by atoms with van der Waals surface area (Å²) in [6.07, 6.45) is 4.38. The number of H-pyrrole nitrogens is 1. The topological polar surface area (TPSA) is 64.3 Å². The molecule has 6 nitrogen and oxygen atoms in total. The van der Waals surface area contributed by atoms with E-state index in [-0.39, 0.29) is 0 Å². The average molecular weight is 286 g/mol. The van der Waals surface area contributed by atoms with Crippen LogP contribution in [0.15, 0.2) is 36.7 Å². The standard InChI is InChI=1S/C13H14N6S/c1-18-10(5-8-15-18)6-9-19-12(16-17-13(19)20)11-4-2-3-7-14-11/h2-5,7-8H,6,9H2,1H3,(H,17,20). The number of nitrogens with one attached hydrogen (secondary N) is 1. The molecule has 0 aliphatic carbocycles. The molecule has 0 atom stereocenters. The van der Waals surface area contributed by atoms with Crippen molar-refractivity contribution in [3.8, 4) is 11.5 Å². The quantitative estimate of drug-likeness (QED) is 0.745. The van der Waals surface area contributed by atoms with Crippen LogP contribution in [-0.4, -0.2) is 29.5 Å². The third-order valence-electron chi connectivity index (χ3n) is 3.17. The molecule has 3 aromatic rings. The maximum absolute atomic E-state index is 5.30. The van der Waals surface area contributed by atoms with Crippen LogP contribution in [0.25, 0.3) is 11.5 Å². The van der Waals surface area contributed by atoms with Crippen molar-refractivity contribution < 1.29 is 0 Å². The summed E-state index contributed by atoms with van der Waals surface area (Å²) in [5.41, 5.74) is 1.96. The molecule has 0 spiro atoms. The Morgan fingerprint density at radius 3 is 2.85 bits per heavy atom. The summed E-state index contributed by atoms with van der Waals surface area (Å²) in [6.45, 7) is 0.737. The highest BCUT2D eigenvalue weighted by atomic mass is 32.1. The first-order valence-electron chi connectivity index (χ1n) is 6.29. The highest BCUT2D eigenvalue weighted by molar-refractivity contribution is 7.71. The Labute approximate surface area is 121 Å². The van der Waals surface area contributed by atoms with Gasteiger partial charge in [-0.05, 0) is 30.4 Å². The van der Waals surface area contributed by atoms with Crippen molar-refractivity contribution >= 4 is 12.2 Å². The predicted molar refractivity (Wildman–Crippen MR) is 77.6 cm³/mol. The van der Waals surface area contributed by atoms with Crippen LogP contribution in [0, 0.1) is 4.77 Å². The number of aromatic amines is 1. The second-order valence-corrected chi connectivity index (χ2v) is 4.80. The Morgan fingerprint density at radius 2 is 2.15 bits per heavy atom. The normalized spacial score (nSPS) is 10.8. The summed E-state index contributed by atoms with van der Waals surface area (Å²) in [5.74, 6) is 0.762. The van der Waals surface area contributed by atoms with Crippen LogP contribution in [-0.2, 0) is 20.0 Å². The first-order valence-corrected chi connectivity index (χ1v) is 6.70. The maximum atomic E-state index is 5.30. The number of rotatable bonds is 4. The second kappa shape index (κ2) is 5.38. The molecule has 20 heavy (non-hydrogen) atoms. The van der Waals surface area contributed by atoms with Gasteiger partial charge in [0.15, 0.2) is 10.6 Å². The lowest BCUT2D eigenvalue weighted by Crippen LogP contribution is -2.07. The van der Waals surface area contributed by atoms with Gasteiger partial charge in [0.05, 0.1) is 0 Å². The summed E-state index contributed by atoms with van der Waals surface area (Å²) in [5, 5.41) is 11.3. The van der Waals surface area contributed by atoms with Gasteiger partial charge in [-0.25, -0.2) is 0 Å². The van der Waals surface area contributed by atoms with Gasteiger partial charge in [0.2, 0.25) is 0 Å². The summed E-state index contributed by atoms with van der Waals surface area (Å²) in [4.78, 5) is 4.32. The maximum Gasteiger partial charge on any atom is 0.195 e. The van der Waals surface area contributed by atoms with Crippen molar-refractivity contribution in [3.05, 3.63) is 47.1 Å². The summed E-state index contributed by atoms with van der Waals surface area (Å²) in [6, 6.07) is 7.74. The Hall–Kier alpha value is -2.28. The molecular formula is C13H14N6S. The van der Waals surface area contributed by atoms with Crippen LogP contribution in [0.1, 0.15) is 5.69 Å². The van der Waals surface area contributed by atoms with E-state index in [9.17, 15) is 0 Å². The van der Waals surface area contributed by atoms with E-state index in [1.807, 2.05) is 40.6 Å². The molecule has 0 aliphatic heterocycles. The minimum Gasteiger partial charge on any atom is -0.298 e. The third kappa shape index (κ3) is 2.39. The van der Waals surface area contributed by atoms with Gasteiger partial charge in [-0.1, -0.05) is 6.07 Å². The largest absolute Gasteiger partial charge is 0.298 e. The molecule has 1 N–H and O–H groups in total. The molecular weight excluding hydrogens is 272 g/mol. The van der Waals surface area contributed by atoms with Crippen LogP contribution < -0.4 is 0 Å². The molecule has 3 aromatic heterocycles. The fourth-order valence-corrected chi connectivity index (χ4v) is 2.31. The Balaban J connectivity index is 1.89. The Morgan fingerprint density at radius 1 is 1.25 bits per heavy atom. The van der Waals surface area contributed by atoms with E-state index in [0.717, 1.165) is 30.2 Å². The fourth-order valence-electron chi connectivity index (χ4n) is 2.09. The van der Waals surface area contributed by atoms with Crippen LogP contribution >= 0.6 is 12.2 Å². The van der Waals surface area contributed by atoms with Gasteiger partial charge in [-0.3, -0.25) is 19.3 Å². The van der Waals surface area contributed by atoms with Crippen LogP contribution in [0.3, 0.4) is 0 Å². The minimum absolute atomic E-state index is 0.604. The first-order chi connectivity index (χ1) is 9.75. The lowest BCUT2D eigenvalue weighted by atomic mass is 10.3. The van der Waals surface area contributed by atoms with Crippen LogP contribution in [0.2, 0.25) is 0 Å². The summed E-state index contributed by atoms with van der Waals surface area (Å²) >= 11 is 5.30. The molecule has 3 rings (SSSR count). The predicted octanol–water partition coefficient (Wildman–Crippen LogP) is 1.98. The zero-order valence-electron chi connectivity index (χ0n) is 11.0. The molecule has 0 bridgehead atoms. The van der Waals surface area contributed by atoms with E-state index in [1.54, 1.807) is 12.4 Å². The molecule has 0 unspecified atom stereocenters. The van der Waals surface area contributed by atoms with Gasteiger partial charge >= 0.3 is 0 Å². The molecule has 0 fully saturated rings. The van der Waals surface area contributed by atoms with E-state index in [4.69, 9.17) is 12.2 Å². The molecule has 0 aliphatic rings. The first kappa shape index (κ1) is 12.7. The smallest absolute Gasteiger partial charge is 0.195 e. The summed E-state index contributed by atoms with van der Waals surface area (Å²) in [7, 11) is 1.93. The highest BCUT2D eigenvalue weighted by Gasteiger charge is 2.10. The van der Waals surface area contributed by atoms with Crippen molar-refractivity contribution in [1.29, 1.82) is 0 Å². The SMILES string of the molecule is Cn1nccc1CCn1c(-c2ccccn2)n[nH]c1=S. The number of hydrogen-bond donors (Lipinski definition) is 1. The van der Waals surface area contributed by atoms with E-state index in [2.05, 4.69) is 20.3 Å². The van der Waals surface area contributed by atoms with Gasteiger partial charge in [-0.2, -0.15) is 10.2 Å². The van der Waals surface area contributed by atoms with Gasteiger partial charge in [-0.15, -0.1) is 0 Å². The molecule has 7 heteroatoms. The molecule has 3 heterocycles. The van der Waals surface area contributed by atoms with Crippen molar-refractivity contribution in [2.75, 3.05) is 0 Å². The van der Waals surface area contributed by atoms with E-state index < -0.39 is 0 Å². The Bertz CT molecular complexity index is 755. The number of hydrogen-bond acceptors (Lipinski definition) is 4. The van der Waals surface area contributed by atoms with Crippen molar-refractivity contribution in [2.24, 2.45) is 7.05 Å². The highest BCUT2D eigenvalue weighted by Crippen LogP contribution is 2.14. The van der Waals surface area contributed by atoms with Gasteiger partial charge in [0.25, 0.3) is 0 Å². The van der Waals surface area contributed by atoms with Gasteiger partial charge in [0.1, 0.15) is 5.69 Å². The molecule has 0 radical (unpaired) electrons. The van der Waals surface area contributed by atoms with E-state index in [1.165, 1.54) is 0 Å². The fraction of sp³-hybridized carbons (Fsp3) is 0.231. The lowest BCUT2D eigenvalue weighted by molar-refractivity contribution is 0.634. The third-order valence-corrected chi connectivity index (χ3v) is 3.48. The second-order valence-electron chi connectivity index (χ2n) is 4.42.